The number of morpholine rings is 1. The Morgan fingerprint density at radius 3 is 2.83 bits per heavy atom. The molecule has 0 radical (unpaired) electrons. The van der Waals surface area contributed by atoms with E-state index in [1.807, 2.05) is 24.8 Å². The van der Waals surface area contributed by atoms with E-state index in [1.165, 1.54) is 0 Å². The quantitative estimate of drug-likeness (QED) is 0.701. The number of carbonyl (C=O) groups is 1. The zero-order chi connectivity index (χ0) is 13.3. The van der Waals surface area contributed by atoms with Crippen LogP contribution >= 0.6 is 34.2 Å². The number of benzene rings is 1. The number of rotatable bonds is 1. The van der Waals surface area contributed by atoms with Crippen molar-refractivity contribution < 1.29 is 9.53 Å². The van der Waals surface area contributed by atoms with E-state index in [1.54, 1.807) is 12.1 Å². The van der Waals surface area contributed by atoms with Gasteiger partial charge in [0.05, 0.1) is 17.2 Å². The van der Waals surface area contributed by atoms with Gasteiger partial charge in [-0.15, -0.1) is 0 Å². The first-order valence-electron chi connectivity index (χ1n) is 5.77. The van der Waals surface area contributed by atoms with Gasteiger partial charge in [-0.3, -0.25) is 4.79 Å². The zero-order valence-electron chi connectivity index (χ0n) is 10.4. The number of halogens is 2. The standard InChI is InChI=1S/C13H15ClINO2/c1-13(2)8-16(5-6-18-13)12(17)9-3-4-10(14)11(15)7-9/h3-4,7H,5-6,8H2,1-2H3. The van der Waals surface area contributed by atoms with E-state index in [0.29, 0.717) is 30.3 Å². The third kappa shape index (κ3) is 3.16. The Kier molecular flexibility index (Phi) is 4.18. The summed E-state index contributed by atoms with van der Waals surface area (Å²) >= 11 is 8.10. The van der Waals surface area contributed by atoms with Gasteiger partial charge in [0.15, 0.2) is 0 Å². The Bertz CT molecular complexity index is 476. The molecule has 3 nitrogen and oxygen atoms in total. The maximum Gasteiger partial charge on any atom is 0.254 e. The minimum Gasteiger partial charge on any atom is -0.372 e. The second-order valence-corrected chi connectivity index (χ2v) is 6.53. The summed E-state index contributed by atoms with van der Waals surface area (Å²) in [5.41, 5.74) is 0.412. The molecule has 1 aromatic rings. The van der Waals surface area contributed by atoms with Gasteiger partial charge in [-0.2, -0.15) is 0 Å². The first kappa shape index (κ1) is 14.1. The molecular formula is C13H15ClINO2. The Hall–Kier alpha value is -0.330. The van der Waals surface area contributed by atoms with Crippen molar-refractivity contribution in [2.75, 3.05) is 19.7 Å². The summed E-state index contributed by atoms with van der Waals surface area (Å²) in [4.78, 5) is 14.2. The minimum absolute atomic E-state index is 0.0426. The molecule has 0 unspecified atom stereocenters. The van der Waals surface area contributed by atoms with Crippen molar-refractivity contribution in [1.29, 1.82) is 0 Å². The maximum atomic E-state index is 12.4. The molecule has 1 heterocycles. The minimum atomic E-state index is -0.270. The number of carbonyl (C=O) groups excluding carboxylic acids is 1. The maximum absolute atomic E-state index is 12.4. The highest BCUT2D eigenvalue weighted by Crippen LogP contribution is 2.22. The molecule has 98 valence electrons. The van der Waals surface area contributed by atoms with Crippen LogP contribution in [0.5, 0.6) is 0 Å². The van der Waals surface area contributed by atoms with Crippen molar-refractivity contribution in [2.45, 2.75) is 19.4 Å². The van der Waals surface area contributed by atoms with E-state index in [9.17, 15) is 4.79 Å². The van der Waals surface area contributed by atoms with E-state index in [2.05, 4.69) is 22.6 Å². The van der Waals surface area contributed by atoms with E-state index >= 15 is 0 Å². The number of hydrogen-bond acceptors (Lipinski definition) is 2. The summed E-state index contributed by atoms with van der Waals surface area (Å²) in [5, 5.41) is 0.675. The van der Waals surface area contributed by atoms with E-state index in [-0.39, 0.29) is 11.5 Å². The lowest BCUT2D eigenvalue weighted by atomic mass is 10.1. The highest BCUT2D eigenvalue weighted by atomic mass is 127. The topological polar surface area (TPSA) is 29.5 Å². The van der Waals surface area contributed by atoms with Gasteiger partial charge in [-0.05, 0) is 54.6 Å². The number of nitrogens with zero attached hydrogens (tertiary/aromatic N) is 1. The van der Waals surface area contributed by atoms with Gasteiger partial charge in [0.2, 0.25) is 0 Å². The highest BCUT2D eigenvalue weighted by molar-refractivity contribution is 14.1. The van der Waals surface area contributed by atoms with Crippen molar-refractivity contribution in [3.63, 3.8) is 0 Å². The molecule has 1 fully saturated rings. The van der Waals surface area contributed by atoms with Crippen LogP contribution in [0.2, 0.25) is 5.02 Å². The molecule has 0 aliphatic carbocycles. The van der Waals surface area contributed by atoms with Gasteiger partial charge < -0.3 is 9.64 Å². The van der Waals surface area contributed by atoms with Gasteiger partial charge in [-0.1, -0.05) is 11.6 Å². The molecule has 0 atom stereocenters. The van der Waals surface area contributed by atoms with Gasteiger partial charge in [0.1, 0.15) is 0 Å². The van der Waals surface area contributed by atoms with Crippen LogP contribution in [-0.2, 0) is 4.74 Å². The van der Waals surface area contributed by atoms with E-state index < -0.39 is 0 Å². The fourth-order valence-electron chi connectivity index (χ4n) is 2.00. The lowest BCUT2D eigenvalue weighted by Crippen LogP contribution is -2.50. The average Bonchev–Trinajstić information content (AvgIpc) is 2.30. The van der Waals surface area contributed by atoms with E-state index in [4.69, 9.17) is 16.3 Å². The van der Waals surface area contributed by atoms with Crippen LogP contribution < -0.4 is 0 Å². The molecule has 0 spiro atoms. The third-order valence-electron chi connectivity index (χ3n) is 2.88. The first-order valence-corrected chi connectivity index (χ1v) is 7.23. The molecule has 18 heavy (non-hydrogen) atoms. The molecule has 1 aromatic carbocycles. The summed E-state index contributed by atoms with van der Waals surface area (Å²) in [6.07, 6.45) is 0. The largest absolute Gasteiger partial charge is 0.372 e. The molecule has 0 N–H and O–H groups in total. The summed E-state index contributed by atoms with van der Waals surface area (Å²) in [7, 11) is 0. The van der Waals surface area contributed by atoms with Crippen molar-refractivity contribution >= 4 is 40.1 Å². The first-order chi connectivity index (χ1) is 8.39. The Morgan fingerprint density at radius 2 is 2.22 bits per heavy atom. The molecule has 2 rings (SSSR count). The van der Waals surface area contributed by atoms with Crippen LogP contribution in [0.1, 0.15) is 24.2 Å². The van der Waals surface area contributed by atoms with Crippen LogP contribution in [0.25, 0.3) is 0 Å². The molecule has 0 aromatic heterocycles. The Labute approximate surface area is 126 Å². The highest BCUT2D eigenvalue weighted by Gasteiger charge is 2.30. The van der Waals surface area contributed by atoms with Crippen molar-refractivity contribution in [1.82, 2.24) is 4.90 Å². The Balaban J connectivity index is 2.18. The normalized spacial score (nSPS) is 18.8. The number of amides is 1. The predicted octanol–water partition coefficient (Wildman–Crippen LogP) is 3.20. The van der Waals surface area contributed by atoms with Gasteiger partial charge in [0, 0.05) is 22.2 Å². The summed E-state index contributed by atoms with van der Waals surface area (Å²) < 4.78 is 6.50. The van der Waals surface area contributed by atoms with Crippen molar-refractivity contribution in [3.05, 3.63) is 32.4 Å². The van der Waals surface area contributed by atoms with Crippen LogP contribution in [0.3, 0.4) is 0 Å². The van der Waals surface area contributed by atoms with Gasteiger partial charge >= 0.3 is 0 Å². The lowest BCUT2D eigenvalue weighted by molar-refractivity contribution is -0.0764. The molecule has 1 saturated heterocycles. The SMILES string of the molecule is CC1(C)CN(C(=O)c2ccc(Cl)c(I)c2)CCO1. The fourth-order valence-corrected chi connectivity index (χ4v) is 2.63. The second-order valence-electron chi connectivity index (χ2n) is 4.96. The molecule has 0 saturated carbocycles. The smallest absolute Gasteiger partial charge is 0.254 e. The molecule has 1 aliphatic rings. The predicted molar refractivity (Wildman–Crippen MR) is 80.1 cm³/mol. The zero-order valence-corrected chi connectivity index (χ0v) is 13.3. The molecule has 0 bridgehead atoms. The summed E-state index contributed by atoms with van der Waals surface area (Å²) in [5.74, 6) is 0.0426. The molecule has 5 heteroatoms. The lowest BCUT2D eigenvalue weighted by Gasteiger charge is -2.38. The summed E-state index contributed by atoms with van der Waals surface area (Å²) in [6.45, 7) is 5.84. The van der Waals surface area contributed by atoms with Crippen LogP contribution in [0.15, 0.2) is 18.2 Å². The monoisotopic (exact) mass is 379 g/mol. The van der Waals surface area contributed by atoms with Crippen LogP contribution in [-0.4, -0.2) is 36.1 Å². The second kappa shape index (κ2) is 5.35. The fraction of sp³-hybridized carbons (Fsp3) is 0.462. The van der Waals surface area contributed by atoms with Crippen LogP contribution in [0, 0.1) is 3.57 Å². The molecule has 1 aliphatic heterocycles. The number of hydrogen-bond donors (Lipinski definition) is 0. The Morgan fingerprint density at radius 1 is 1.50 bits per heavy atom. The summed E-state index contributed by atoms with van der Waals surface area (Å²) in [6, 6.07) is 5.37. The van der Waals surface area contributed by atoms with Crippen LogP contribution in [0.4, 0.5) is 0 Å². The average molecular weight is 380 g/mol. The molecular weight excluding hydrogens is 365 g/mol. The van der Waals surface area contributed by atoms with Crippen molar-refractivity contribution in [3.8, 4) is 0 Å². The third-order valence-corrected chi connectivity index (χ3v) is 4.42. The number of ether oxygens (including phenoxy) is 1. The van der Waals surface area contributed by atoms with Crippen molar-refractivity contribution in [2.24, 2.45) is 0 Å². The van der Waals surface area contributed by atoms with Gasteiger partial charge in [0.25, 0.3) is 5.91 Å². The van der Waals surface area contributed by atoms with Gasteiger partial charge in [-0.25, -0.2) is 0 Å². The molecule has 1 amide bonds. The van der Waals surface area contributed by atoms with E-state index in [0.717, 1.165) is 3.57 Å².